The van der Waals surface area contributed by atoms with Crippen LogP contribution in [-0.4, -0.2) is 40.7 Å². The molecule has 4 rings (SSSR count). The van der Waals surface area contributed by atoms with E-state index < -0.39 is 0 Å². The van der Waals surface area contributed by atoms with E-state index in [4.69, 9.17) is 8.94 Å². The highest BCUT2D eigenvalue weighted by Gasteiger charge is 2.28. The summed E-state index contributed by atoms with van der Waals surface area (Å²) in [6, 6.07) is 1.81. The van der Waals surface area contributed by atoms with Crippen LogP contribution in [0, 0.1) is 19.8 Å². The standard InChI is InChI=1S/C19H23N5O3/c1-12-13(2)26-19-16(12)17(21-11-22-19)24-9-3-4-14(10-24)18(25)20-7-5-15-6-8-23-27-15/h6,8,11,14H,3-5,7,9-10H2,1-2H3,(H,20,25). The van der Waals surface area contributed by atoms with Gasteiger partial charge in [-0.1, -0.05) is 5.16 Å². The van der Waals surface area contributed by atoms with Crippen LogP contribution in [0.5, 0.6) is 0 Å². The van der Waals surface area contributed by atoms with Crippen LogP contribution in [-0.2, 0) is 11.2 Å². The minimum absolute atomic E-state index is 0.0632. The van der Waals surface area contributed by atoms with E-state index in [1.165, 1.54) is 6.33 Å². The van der Waals surface area contributed by atoms with Crippen molar-refractivity contribution in [2.45, 2.75) is 33.1 Å². The monoisotopic (exact) mass is 369 g/mol. The summed E-state index contributed by atoms with van der Waals surface area (Å²) in [4.78, 5) is 23.5. The predicted octanol–water partition coefficient (Wildman–Crippen LogP) is 2.40. The molecule has 0 aliphatic carbocycles. The van der Waals surface area contributed by atoms with E-state index in [2.05, 4.69) is 25.3 Å². The molecule has 1 N–H and O–H groups in total. The zero-order chi connectivity index (χ0) is 18.8. The summed E-state index contributed by atoms with van der Waals surface area (Å²) < 4.78 is 10.8. The molecule has 8 nitrogen and oxygen atoms in total. The lowest BCUT2D eigenvalue weighted by Gasteiger charge is -2.33. The number of rotatable bonds is 5. The molecular formula is C19H23N5O3. The lowest BCUT2D eigenvalue weighted by atomic mass is 9.96. The van der Waals surface area contributed by atoms with Gasteiger partial charge in [-0.2, -0.15) is 0 Å². The summed E-state index contributed by atoms with van der Waals surface area (Å²) >= 11 is 0. The Labute approximate surface area is 156 Å². The van der Waals surface area contributed by atoms with Gasteiger partial charge in [0, 0.05) is 37.7 Å². The second-order valence-electron chi connectivity index (χ2n) is 6.97. The van der Waals surface area contributed by atoms with Gasteiger partial charge in [0.1, 0.15) is 23.7 Å². The average molecular weight is 369 g/mol. The van der Waals surface area contributed by atoms with Gasteiger partial charge >= 0.3 is 0 Å². The molecule has 1 fully saturated rings. The van der Waals surface area contributed by atoms with E-state index in [1.807, 2.05) is 19.9 Å². The number of hydrogen-bond acceptors (Lipinski definition) is 7. The molecule has 27 heavy (non-hydrogen) atoms. The van der Waals surface area contributed by atoms with E-state index in [9.17, 15) is 4.79 Å². The number of aromatic nitrogens is 3. The number of aryl methyl sites for hydroxylation is 2. The molecule has 1 unspecified atom stereocenters. The van der Waals surface area contributed by atoms with Gasteiger partial charge in [-0.3, -0.25) is 4.79 Å². The molecule has 0 aromatic carbocycles. The second kappa shape index (κ2) is 7.38. The van der Waals surface area contributed by atoms with Crippen LogP contribution in [0.3, 0.4) is 0 Å². The predicted molar refractivity (Wildman–Crippen MR) is 99.4 cm³/mol. The summed E-state index contributed by atoms with van der Waals surface area (Å²) in [5.74, 6) is 2.49. The van der Waals surface area contributed by atoms with Crippen molar-refractivity contribution in [3.8, 4) is 0 Å². The van der Waals surface area contributed by atoms with Crippen LogP contribution >= 0.6 is 0 Å². The maximum absolute atomic E-state index is 12.6. The summed E-state index contributed by atoms with van der Waals surface area (Å²) in [7, 11) is 0. The smallest absolute Gasteiger partial charge is 0.231 e. The van der Waals surface area contributed by atoms with E-state index in [1.54, 1.807) is 6.20 Å². The molecule has 142 valence electrons. The molecule has 0 saturated carbocycles. The third-order valence-corrected chi connectivity index (χ3v) is 5.20. The van der Waals surface area contributed by atoms with Gasteiger partial charge in [0.05, 0.1) is 17.5 Å². The quantitative estimate of drug-likeness (QED) is 0.737. The molecule has 1 aliphatic heterocycles. The number of carbonyl (C=O) groups excluding carboxylic acids is 1. The van der Waals surface area contributed by atoms with E-state index in [0.29, 0.717) is 25.2 Å². The molecule has 0 spiro atoms. The molecule has 3 aromatic heterocycles. The second-order valence-corrected chi connectivity index (χ2v) is 6.97. The molecule has 0 bridgehead atoms. The topological polar surface area (TPSA) is 97.3 Å². The minimum atomic E-state index is -0.0632. The number of hydrogen-bond donors (Lipinski definition) is 1. The highest BCUT2D eigenvalue weighted by molar-refractivity contribution is 5.90. The van der Waals surface area contributed by atoms with Crippen molar-refractivity contribution >= 4 is 22.8 Å². The summed E-state index contributed by atoms with van der Waals surface area (Å²) in [5, 5.41) is 7.63. The number of nitrogens with one attached hydrogen (secondary N) is 1. The van der Waals surface area contributed by atoms with E-state index in [0.717, 1.165) is 47.7 Å². The Morgan fingerprint density at radius 3 is 3.07 bits per heavy atom. The average Bonchev–Trinajstić information content (AvgIpc) is 3.30. The Kier molecular flexibility index (Phi) is 4.79. The fraction of sp³-hybridized carbons (Fsp3) is 0.474. The first-order chi connectivity index (χ1) is 13.1. The van der Waals surface area contributed by atoms with E-state index in [-0.39, 0.29) is 11.8 Å². The maximum atomic E-state index is 12.6. The van der Waals surface area contributed by atoms with Crippen molar-refractivity contribution < 1.29 is 13.7 Å². The van der Waals surface area contributed by atoms with E-state index >= 15 is 0 Å². The van der Waals surface area contributed by atoms with Crippen molar-refractivity contribution in [3.63, 3.8) is 0 Å². The van der Waals surface area contributed by atoms with Crippen molar-refractivity contribution in [2.75, 3.05) is 24.5 Å². The zero-order valence-corrected chi connectivity index (χ0v) is 15.6. The number of carbonyl (C=O) groups is 1. The Balaban J connectivity index is 1.44. The van der Waals surface area contributed by atoms with Gasteiger partial charge in [-0.15, -0.1) is 0 Å². The highest BCUT2D eigenvalue weighted by Crippen LogP contribution is 2.32. The Morgan fingerprint density at radius 1 is 1.37 bits per heavy atom. The van der Waals surface area contributed by atoms with Gasteiger partial charge in [-0.25, -0.2) is 9.97 Å². The van der Waals surface area contributed by atoms with Crippen LogP contribution in [0.1, 0.15) is 29.9 Å². The summed E-state index contributed by atoms with van der Waals surface area (Å²) in [5.41, 5.74) is 1.66. The number of amides is 1. The molecular weight excluding hydrogens is 346 g/mol. The number of anilines is 1. The normalized spacial score (nSPS) is 17.4. The van der Waals surface area contributed by atoms with Crippen molar-refractivity contribution in [3.05, 3.63) is 35.7 Å². The van der Waals surface area contributed by atoms with Gasteiger partial charge in [0.25, 0.3) is 0 Å². The van der Waals surface area contributed by atoms with Crippen LogP contribution in [0.25, 0.3) is 11.1 Å². The van der Waals surface area contributed by atoms with Crippen LogP contribution < -0.4 is 10.2 Å². The molecule has 4 heterocycles. The number of furan rings is 1. The third-order valence-electron chi connectivity index (χ3n) is 5.20. The fourth-order valence-electron chi connectivity index (χ4n) is 3.61. The first-order valence-corrected chi connectivity index (χ1v) is 9.26. The summed E-state index contributed by atoms with van der Waals surface area (Å²) in [6.45, 7) is 6.01. The number of nitrogens with zero attached hydrogens (tertiary/aromatic N) is 4. The molecule has 1 aliphatic rings. The lowest BCUT2D eigenvalue weighted by Crippen LogP contribution is -2.43. The highest BCUT2D eigenvalue weighted by atomic mass is 16.5. The largest absolute Gasteiger partial charge is 0.443 e. The van der Waals surface area contributed by atoms with Crippen molar-refractivity contribution in [1.82, 2.24) is 20.4 Å². The maximum Gasteiger partial charge on any atom is 0.231 e. The van der Waals surface area contributed by atoms with Crippen molar-refractivity contribution in [1.29, 1.82) is 0 Å². The number of fused-ring (bicyclic) bond motifs is 1. The van der Waals surface area contributed by atoms with Gasteiger partial charge in [0.2, 0.25) is 11.6 Å². The zero-order valence-electron chi connectivity index (χ0n) is 15.6. The minimum Gasteiger partial charge on any atom is -0.443 e. The van der Waals surface area contributed by atoms with Gasteiger partial charge in [-0.05, 0) is 26.7 Å². The molecule has 0 radical (unpaired) electrons. The lowest BCUT2D eigenvalue weighted by molar-refractivity contribution is -0.125. The fourth-order valence-corrected chi connectivity index (χ4v) is 3.61. The molecule has 1 amide bonds. The first kappa shape index (κ1) is 17.5. The first-order valence-electron chi connectivity index (χ1n) is 9.26. The molecule has 3 aromatic rings. The summed E-state index contributed by atoms with van der Waals surface area (Å²) in [6.07, 6.45) is 5.60. The number of piperidine rings is 1. The molecule has 8 heteroatoms. The SMILES string of the molecule is Cc1oc2ncnc(N3CCCC(C(=O)NCCc4ccno4)C3)c2c1C. The van der Waals surface area contributed by atoms with Gasteiger partial charge < -0.3 is 19.2 Å². The van der Waals surface area contributed by atoms with Crippen LogP contribution in [0.15, 0.2) is 27.5 Å². The Hall–Kier alpha value is -2.90. The molecule has 1 atom stereocenters. The Morgan fingerprint density at radius 2 is 2.26 bits per heavy atom. The Bertz CT molecular complexity index is 934. The molecule has 1 saturated heterocycles. The van der Waals surface area contributed by atoms with Crippen LogP contribution in [0.4, 0.5) is 5.82 Å². The third kappa shape index (κ3) is 3.51. The van der Waals surface area contributed by atoms with Crippen LogP contribution in [0.2, 0.25) is 0 Å². The van der Waals surface area contributed by atoms with Crippen molar-refractivity contribution in [2.24, 2.45) is 5.92 Å². The van der Waals surface area contributed by atoms with Gasteiger partial charge in [0.15, 0.2) is 0 Å².